The van der Waals surface area contributed by atoms with E-state index < -0.39 is 18.5 Å². The number of hydrogen-bond donors (Lipinski definition) is 0. The van der Waals surface area contributed by atoms with E-state index in [-0.39, 0.29) is 0 Å². The van der Waals surface area contributed by atoms with Gasteiger partial charge in [0.05, 0.1) is 7.11 Å². The van der Waals surface area contributed by atoms with Crippen molar-refractivity contribution >= 4 is 24.8 Å². The molecule has 0 amide bonds. The van der Waals surface area contributed by atoms with Gasteiger partial charge in [-0.05, 0) is 22.2 Å². The number of halogens is 1. The fourth-order valence-corrected chi connectivity index (χ4v) is 8.23. The van der Waals surface area contributed by atoms with Crippen molar-refractivity contribution in [2.75, 3.05) is 7.11 Å². The third-order valence-corrected chi connectivity index (χ3v) is 9.80. The van der Waals surface area contributed by atoms with Gasteiger partial charge >= 0.3 is 8.41 Å². The predicted molar refractivity (Wildman–Crippen MR) is 93.2 cm³/mol. The molecule has 2 heterocycles. The maximum atomic E-state index is 16.5. The summed E-state index contributed by atoms with van der Waals surface area (Å²) in [5.74, 6) is 0.554. The Balaban J connectivity index is 2.79. The van der Waals surface area contributed by atoms with Crippen LogP contribution in [0.4, 0.5) is 4.11 Å². The molecule has 0 aromatic carbocycles. The normalized spacial score (nSPS) is 13.7. The van der Waals surface area contributed by atoms with Crippen molar-refractivity contribution in [1.29, 1.82) is 0 Å². The third kappa shape index (κ3) is 2.35. The molecule has 0 saturated heterocycles. The first-order chi connectivity index (χ1) is 9.93. The van der Waals surface area contributed by atoms with Crippen molar-refractivity contribution in [2.24, 2.45) is 7.05 Å². The van der Waals surface area contributed by atoms with Crippen molar-refractivity contribution in [3.63, 3.8) is 0 Å². The first-order valence-electron chi connectivity index (χ1n) is 7.63. The standard InChI is InChI=1S/C17H27FN2OSi/c1-16(2,3)22(18,17(4,5)6)14-11-12-9-10-13(21-8)19-15(12)20(14)7/h9-11H,1-8H3. The number of hydrogen-bond acceptors (Lipinski definition) is 2. The fraction of sp³-hybridized carbons (Fsp3) is 0.588. The van der Waals surface area contributed by atoms with Gasteiger partial charge in [0.25, 0.3) is 0 Å². The summed E-state index contributed by atoms with van der Waals surface area (Å²) >= 11 is 0. The van der Waals surface area contributed by atoms with Crippen molar-refractivity contribution in [1.82, 2.24) is 9.55 Å². The van der Waals surface area contributed by atoms with Crippen LogP contribution in [0.25, 0.3) is 11.0 Å². The van der Waals surface area contributed by atoms with Gasteiger partial charge in [0.15, 0.2) is 0 Å². The minimum Gasteiger partial charge on any atom is -0.481 e. The second-order valence-electron chi connectivity index (χ2n) is 8.01. The zero-order valence-corrected chi connectivity index (χ0v) is 15.9. The Labute approximate surface area is 133 Å². The van der Waals surface area contributed by atoms with Crippen LogP contribution in [-0.4, -0.2) is 25.1 Å². The first kappa shape index (κ1) is 17.0. The SMILES string of the molecule is COc1ccc2cc([Si](F)(C(C)(C)C)C(C)(C)C)n(C)c2n1. The molecule has 0 N–H and O–H groups in total. The number of aromatic nitrogens is 2. The molecule has 0 radical (unpaired) electrons. The Morgan fingerprint density at radius 3 is 2.09 bits per heavy atom. The van der Waals surface area contributed by atoms with Gasteiger partial charge < -0.3 is 13.4 Å². The van der Waals surface area contributed by atoms with Gasteiger partial charge in [0.1, 0.15) is 5.65 Å². The largest absolute Gasteiger partial charge is 0.481 e. The zero-order valence-electron chi connectivity index (χ0n) is 14.9. The maximum Gasteiger partial charge on any atom is 0.304 e. The molecule has 122 valence electrons. The summed E-state index contributed by atoms with van der Waals surface area (Å²) in [5, 5.41) is 0.944. The topological polar surface area (TPSA) is 27.1 Å². The van der Waals surface area contributed by atoms with E-state index in [0.29, 0.717) is 5.88 Å². The maximum absolute atomic E-state index is 16.5. The molecule has 0 atom stereocenters. The van der Waals surface area contributed by atoms with E-state index in [2.05, 4.69) is 4.98 Å². The summed E-state index contributed by atoms with van der Waals surface area (Å²) in [6, 6.07) is 5.75. The molecule has 2 aromatic rings. The molecule has 0 fully saturated rings. The van der Waals surface area contributed by atoms with Crippen molar-refractivity contribution < 1.29 is 8.84 Å². The molecule has 3 nitrogen and oxygen atoms in total. The van der Waals surface area contributed by atoms with Crippen molar-refractivity contribution in [3.05, 3.63) is 18.2 Å². The lowest BCUT2D eigenvalue weighted by Gasteiger charge is -2.44. The monoisotopic (exact) mass is 322 g/mol. The number of pyridine rings is 1. The second-order valence-corrected chi connectivity index (χ2v) is 12.8. The highest BCUT2D eigenvalue weighted by atomic mass is 28.4. The van der Waals surface area contributed by atoms with E-state index in [9.17, 15) is 0 Å². The smallest absolute Gasteiger partial charge is 0.304 e. The Morgan fingerprint density at radius 2 is 1.64 bits per heavy atom. The highest BCUT2D eigenvalue weighted by Gasteiger charge is 2.58. The van der Waals surface area contributed by atoms with E-state index in [4.69, 9.17) is 4.74 Å². The number of aryl methyl sites for hydroxylation is 1. The van der Waals surface area contributed by atoms with Crippen LogP contribution in [0.2, 0.25) is 10.1 Å². The lowest BCUT2D eigenvalue weighted by atomic mass is 10.2. The molecule has 0 aliphatic heterocycles. The molecule has 2 rings (SSSR count). The predicted octanol–water partition coefficient (Wildman–Crippen LogP) is 4.30. The Morgan fingerprint density at radius 1 is 1.09 bits per heavy atom. The Bertz CT molecular complexity index is 681. The summed E-state index contributed by atoms with van der Waals surface area (Å²) in [6.07, 6.45) is 0. The second kappa shape index (κ2) is 5.08. The molecule has 0 unspecified atom stereocenters. The van der Waals surface area contributed by atoms with Gasteiger partial charge in [0.2, 0.25) is 5.88 Å². The van der Waals surface area contributed by atoms with E-state index in [1.807, 2.05) is 71.4 Å². The van der Waals surface area contributed by atoms with Gasteiger partial charge in [-0.15, -0.1) is 0 Å². The molecule has 0 spiro atoms. The van der Waals surface area contributed by atoms with Crippen LogP contribution in [0.5, 0.6) is 5.88 Å². The average molecular weight is 322 g/mol. The Kier molecular flexibility index (Phi) is 3.93. The lowest BCUT2D eigenvalue weighted by molar-refractivity contribution is 0.399. The average Bonchev–Trinajstić information content (AvgIpc) is 2.72. The van der Waals surface area contributed by atoms with E-state index in [1.54, 1.807) is 7.11 Å². The van der Waals surface area contributed by atoms with Crippen LogP contribution >= 0.6 is 0 Å². The summed E-state index contributed by atoms with van der Waals surface area (Å²) in [7, 11) is 0.198. The molecular weight excluding hydrogens is 295 g/mol. The molecule has 22 heavy (non-hydrogen) atoms. The molecule has 5 heteroatoms. The van der Waals surface area contributed by atoms with Gasteiger partial charge in [-0.1, -0.05) is 41.5 Å². The summed E-state index contributed by atoms with van der Waals surface area (Å²) in [6.45, 7) is 12.1. The highest BCUT2D eigenvalue weighted by molar-refractivity contribution is 6.90. The Hall–Kier alpha value is -1.36. The quantitative estimate of drug-likeness (QED) is 0.609. The van der Waals surface area contributed by atoms with Crippen LogP contribution in [0.15, 0.2) is 18.2 Å². The number of ether oxygens (including phenoxy) is 1. The molecule has 0 bridgehead atoms. The van der Waals surface area contributed by atoms with Gasteiger partial charge in [-0.2, -0.15) is 4.98 Å². The van der Waals surface area contributed by atoms with E-state index >= 15 is 4.11 Å². The summed E-state index contributed by atoms with van der Waals surface area (Å²) < 4.78 is 23.6. The van der Waals surface area contributed by atoms with Crippen molar-refractivity contribution in [3.8, 4) is 5.88 Å². The number of rotatable bonds is 2. The lowest BCUT2D eigenvalue weighted by Crippen LogP contribution is -2.60. The third-order valence-electron chi connectivity index (χ3n) is 4.48. The van der Waals surface area contributed by atoms with Crippen LogP contribution in [-0.2, 0) is 7.05 Å². The molecule has 2 aromatic heterocycles. The van der Waals surface area contributed by atoms with Crippen LogP contribution in [0.3, 0.4) is 0 Å². The zero-order chi connectivity index (χ0) is 16.9. The van der Waals surface area contributed by atoms with Crippen LogP contribution in [0, 0.1) is 0 Å². The fourth-order valence-electron chi connectivity index (χ4n) is 3.52. The first-order valence-corrected chi connectivity index (χ1v) is 9.51. The molecule has 0 aliphatic rings. The number of nitrogens with zero attached hydrogens (tertiary/aromatic N) is 2. The van der Waals surface area contributed by atoms with Crippen molar-refractivity contribution in [2.45, 2.75) is 51.6 Å². The van der Waals surface area contributed by atoms with Crippen LogP contribution in [0.1, 0.15) is 41.5 Å². The van der Waals surface area contributed by atoms with Gasteiger partial charge in [-0.25, -0.2) is 0 Å². The molecular formula is C17H27FN2OSi. The molecule has 0 aliphatic carbocycles. The summed E-state index contributed by atoms with van der Waals surface area (Å²) in [4.78, 5) is 4.49. The van der Waals surface area contributed by atoms with E-state index in [1.165, 1.54) is 0 Å². The van der Waals surface area contributed by atoms with Crippen LogP contribution < -0.4 is 10.1 Å². The number of methoxy groups -OCH3 is 1. The minimum absolute atomic E-state index is 0.405. The minimum atomic E-state index is -3.30. The van der Waals surface area contributed by atoms with Gasteiger partial charge in [0, 0.05) is 23.8 Å². The van der Waals surface area contributed by atoms with E-state index in [0.717, 1.165) is 16.4 Å². The molecule has 0 saturated carbocycles. The summed E-state index contributed by atoms with van der Waals surface area (Å²) in [5.41, 5.74) is 0.775. The highest BCUT2D eigenvalue weighted by Crippen LogP contribution is 2.51. The number of fused-ring (bicyclic) bond motifs is 1. The van der Waals surface area contributed by atoms with Gasteiger partial charge in [-0.3, -0.25) is 0 Å².